The van der Waals surface area contributed by atoms with Gasteiger partial charge in [0.15, 0.2) is 0 Å². The van der Waals surface area contributed by atoms with Crippen molar-refractivity contribution in [3.05, 3.63) is 59.2 Å². The molecular formula is C25H29N3O2. The summed E-state index contributed by atoms with van der Waals surface area (Å²) in [7, 11) is 3.65. The second-order valence-corrected chi connectivity index (χ2v) is 9.56. The van der Waals surface area contributed by atoms with Crippen molar-refractivity contribution in [1.29, 1.82) is 0 Å². The second-order valence-electron chi connectivity index (χ2n) is 9.56. The molecule has 5 heteroatoms. The van der Waals surface area contributed by atoms with E-state index in [2.05, 4.69) is 53.1 Å². The summed E-state index contributed by atoms with van der Waals surface area (Å²) < 4.78 is 5.73. The molecule has 4 aliphatic rings. The van der Waals surface area contributed by atoms with Crippen molar-refractivity contribution in [2.45, 2.75) is 31.3 Å². The number of fused-ring (bicyclic) bond motifs is 4. The topological polar surface area (TPSA) is 53.6 Å². The summed E-state index contributed by atoms with van der Waals surface area (Å²) in [5.41, 5.74) is 5.17. The van der Waals surface area contributed by atoms with E-state index in [1.807, 2.05) is 11.9 Å². The molecule has 30 heavy (non-hydrogen) atoms. The van der Waals surface area contributed by atoms with Gasteiger partial charge in [-0.25, -0.2) is 0 Å². The van der Waals surface area contributed by atoms with Crippen molar-refractivity contribution in [2.24, 2.45) is 17.3 Å². The number of carbonyl (C=O) groups excluding carboxylic acids is 1. The summed E-state index contributed by atoms with van der Waals surface area (Å²) in [4.78, 5) is 14.3. The number of hydrogen-bond donors (Lipinski definition) is 2. The zero-order valence-corrected chi connectivity index (χ0v) is 17.7. The number of anilines is 1. The summed E-state index contributed by atoms with van der Waals surface area (Å²) in [6.45, 7) is 2.85. The molecule has 1 amide bonds. The van der Waals surface area contributed by atoms with Gasteiger partial charge in [-0.05, 0) is 54.5 Å². The van der Waals surface area contributed by atoms with Crippen molar-refractivity contribution in [1.82, 2.24) is 10.6 Å². The maximum Gasteiger partial charge on any atom is 0.230 e. The fraction of sp³-hybridized carbons (Fsp3) is 0.480. The molecule has 2 aromatic carbocycles. The molecule has 3 fully saturated rings. The number of piperidine rings is 1. The first-order chi connectivity index (χ1) is 14.6. The lowest BCUT2D eigenvalue weighted by Crippen LogP contribution is -2.33. The summed E-state index contributed by atoms with van der Waals surface area (Å²) >= 11 is 0. The van der Waals surface area contributed by atoms with Crippen molar-refractivity contribution >= 4 is 11.6 Å². The molecule has 2 aliphatic carbocycles. The average molecular weight is 404 g/mol. The fourth-order valence-corrected chi connectivity index (χ4v) is 6.06. The van der Waals surface area contributed by atoms with Crippen LogP contribution in [0.25, 0.3) is 0 Å². The van der Waals surface area contributed by atoms with Crippen LogP contribution < -0.4 is 20.3 Å². The Bertz CT molecular complexity index is 1010. The molecule has 1 saturated heterocycles. The van der Waals surface area contributed by atoms with Crippen LogP contribution in [0.15, 0.2) is 42.5 Å². The van der Waals surface area contributed by atoms with Crippen LogP contribution in [0.5, 0.6) is 5.75 Å². The summed E-state index contributed by atoms with van der Waals surface area (Å²) in [5.74, 6) is 2.53. The Kier molecular flexibility index (Phi) is 4.03. The standard InChI is InChI=1S/C25H29N3O2/c1-28-21-8-16(22(30-2)10-19(21)18-9-20(18)24(28)29)12-26-14-25-11-17(25)13-27-23(25)15-6-4-3-5-7-15/h3-8,10,17-18,20,23,26-27H,9,11-14H2,1-2H3. The minimum Gasteiger partial charge on any atom is -0.496 e. The van der Waals surface area contributed by atoms with Crippen LogP contribution in [0.2, 0.25) is 0 Å². The lowest BCUT2D eigenvalue weighted by molar-refractivity contribution is -0.119. The first kappa shape index (κ1) is 18.4. The van der Waals surface area contributed by atoms with Crippen LogP contribution in [0, 0.1) is 17.3 Å². The zero-order chi connectivity index (χ0) is 20.5. The van der Waals surface area contributed by atoms with Gasteiger partial charge in [0, 0.05) is 48.8 Å². The molecule has 5 nitrogen and oxygen atoms in total. The minimum absolute atomic E-state index is 0.187. The van der Waals surface area contributed by atoms with E-state index in [-0.39, 0.29) is 11.8 Å². The van der Waals surface area contributed by atoms with Crippen molar-refractivity contribution < 1.29 is 9.53 Å². The minimum atomic E-state index is 0.187. The zero-order valence-electron chi connectivity index (χ0n) is 17.7. The molecule has 2 heterocycles. The Labute approximate surface area is 177 Å². The Morgan fingerprint density at radius 3 is 2.83 bits per heavy atom. The third kappa shape index (κ3) is 2.65. The second kappa shape index (κ2) is 6.56. The maximum atomic E-state index is 12.5. The predicted octanol–water partition coefficient (Wildman–Crippen LogP) is 3.22. The molecule has 156 valence electrons. The van der Waals surface area contributed by atoms with E-state index >= 15 is 0 Å². The normalized spacial score (nSPS) is 33.0. The van der Waals surface area contributed by atoms with Gasteiger partial charge in [-0.1, -0.05) is 30.3 Å². The van der Waals surface area contributed by atoms with E-state index in [4.69, 9.17) is 4.74 Å². The van der Waals surface area contributed by atoms with Gasteiger partial charge in [0.25, 0.3) is 0 Å². The Morgan fingerprint density at radius 1 is 1.23 bits per heavy atom. The molecule has 0 spiro atoms. The monoisotopic (exact) mass is 403 g/mol. The van der Waals surface area contributed by atoms with Crippen molar-refractivity contribution in [3.63, 3.8) is 0 Å². The number of amides is 1. The molecule has 2 N–H and O–H groups in total. The van der Waals surface area contributed by atoms with E-state index in [1.54, 1.807) is 7.11 Å². The number of nitrogens with zero attached hydrogens (tertiary/aromatic N) is 1. The summed E-state index contributed by atoms with van der Waals surface area (Å²) in [6.07, 6.45) is 2.27. The Balaban J connectivity index is 1.20. The van der Waals surface area contributed by atoms with Gasteiger partial charge >= 0.3 is 0 Å². The number of nitrogens with one attached hydrogen (secondary N) is 2. The molecule has 6 rings (SSSR count). The van der Waals surface area contributed by atoms with Gasteiger partial charge in [0.2, 0.25) is 5.91 Å². The first-order valence-corrected chi connectivity index (χ1v) is 11.1. The Morgan fingerprint density at radius 2 is 2.07 bits per heavy atom. The molecule has 2 aromatic rings. The van der Waals surface area contributed by atoms with Crippen molar-refractivity contribution in [3.8, 4) is 5.75 Å². The third-order valence-corrected chi connectivity index (χ3v) is 7.95. The number of hydrogen-bond acceptors (Lipinski definition) is 4. The molecule has 2 aliphatic heterocycles. The smallest absolute Gasteiger partial charge is 0.230 e. The van der Waals surface area contributed by atoms with Gasteiger partial charge in [0.05, 0.1) is 7.11 Å². The highest BCUT2D eigenvalue weighted by Gasteiger charge is 2.62. The fourth-order valence-electron chi connectivity index (χ4n) is 6.06. The molecule has 0 bridgehead atoms. The van der Waals surface area contributed by atoms with Crippen LogP contribution >= 0.6 is 0 Å². The molecule has 0 aromatic heterocycles. The van der Waals surface area contributed by atoms with Crippen LogP contribution in [0.3, 0.4) is 0 Å². The van der Waals surface area contributed by atoms with Gasteiger partial charge in [-0.3, -0.25) is 4.79 Å². The largest absolute Gasteiger partial charge is 0.496 e. The first-order valence-electron chi connectivity index (χ1n) is 11.1. The summed E-state index contributed by atoms with van der Waals surface area (Å²) in [6, 6.07) is 15.6. The van der Waals surface area contributed by atoms with Crippen LogP contribution in [0.1, 0.15) is 41.5 Å². The predicted molar refractivity (Wildman–Crippen MR) is 117 cm³/mol. The maximum absolute atomic E-state index is 12.5. The number of benzene rings is 2. The van der Waals surface area contributed by atoms with E-state index in [1.165, 1.54) is 17.5 Å². The highest BCUT2D eigenvalue weighted by Crippen LogP contribution is 2.63. The highest BCUT2D eigenvalue weighted by molar-refractivity contribution is 6.01. The molecule has 0 radical (unpaired) electrons. The van der Waals surface area contributed by atoms with Crippen molar-refractivity contribution in [2.75, 3.05) is 32.1 Å². The van der Waals surface area contributed by atoms with E-state index in [0.717, 1.165) is 49.0 Å². The average Bonchev–Trinajstić information content (AvgIpc) is 3.68. The molecule has 5 unspecified atom stereocenters. The van der Waals surface area contributed by atoms with Crippen LogP contribution in [-0.2, 0) is 11.3 Å². The number of methoxy groups -OCH3 is 1. The summed E-state index contributed by atoms with van der Waals surface area (Å²) in [5, 5.41) is 7.47. The number of ether oxygens (including phenoxy) is 1. The number of rotatable bonds is 6. The third-order valence-electron chi connectivity index (χ3n) is 7.95. The van der Waals surface area contributed by atoms with E-state index < -0.39 is 0 Å². The van der Waals surface area contributed by atoms with Crippen LogP contribution in [-0.4, -0.2) is 33.2 Å². The molecule has 2 saturated carbocycles. The van der Waals surface area contributed by atoms with E-state index in [9.17, 15) is 4.79 Å². The van der Waals surface area contributed by atoms with Gasteiger partial charge < -0.3 is 20.3 Å². The number of carbonyl (C=O) groups is 1. The SMILES string of the molecule is COc1cc2c(cc1CNCC13CC1CNC3c1ccccc1)N(C)C(=O)C1CC21. The van der Waals surface area contributed by atoms with E-state index in [0.29, 0.717) is 17.4 Å². The van der Waals surface area contributed by atoms with Crippen LogP contribution in [0.4, 0.5) is 5.69 Å². The highest BCUT2D eigenvalue weighted by atomic mass is 16.5. The molecular weight excluding hydrogens is 374 g/mol. The van der Waals surface area contributed by atoms with Gasteiger partial charge in [0.1, 0.15) is 5.75 Å². The Hall–Kier alpha value is -2.37. The lowest BCUT2D eigenvalue weighted by atomic mass is 9.90. The lowest BCUT2D eigenvalue weighted by Gasteiger charge is -2.28. The van der Waals surface area contributed by atoms with Gasteiger partial charge in [-0.2, -0.15) is 0 Å². The van der Waals surface area contributed by atoms with Gasteiger partial charge in [-0.15, -0.1) is 0 Å². The molecule has 5 atom stereocenters. The quantitative estimate of drug-likeness (QED) is 0.778.